The average Bonchev–Trinajstić information content (AvgIpc) is 3.03. The van der Waals surface area contributed by atoms with Gasteiger partial charge in [0.15, 0.2) is 5.17 Å². The average molecular weight is 458 g/mol. The van der Waals surface area contributed by atoms with Gasteiger partial charge in [-0.25, -0.2) is 9.98 Å². The minimum atomic E-state index is -0.205. The molecule has 2 aromatic carbocycles. The maximum atomic E-state index is 12.4. The summed E-state index contributed by atoms with van der Waals surface area (Å²) in [7, 11) is 0. The highest BCUT2D eigenvalue weighted by atomic mass is 35.5. The second-order valence-electron chi connectivity index (χ2n) is 6.33. The highest BCUT2D eigenvalue weighted by Crippen LogP contribution is 2.33. The molecule has 30 heavy (non-hydrogen) atoms. The third-order valence-corrected chi connectivity index (χ3v) is 5.26. The van der Waals surface area contributed by atoms with Crippen molar-refractivity contribution in [2.75, 3.05) is 0 Å². The lowest BCUT2D eigenvalue weighted by Crippen LogP contribution is -2.19. The van der Waals surface area contributed by atoms with E-state index in [2.05, 4.69) is 20.3 Å². The van der Waals surface area contributed by atoms with Crippen LogP contribution in [0.1, 0.15) is 12.5 Å². The molecule has 1 aromatic heterocycles. The first-order valence-electron chi connectivity index (χ1n) is 8.73. The van der Waals surface area contributed by atoms with Gasteiger partial charge in [-0.2, -0.15) is 0 Å². The zero-order valence-corrected chi connectivity index (χ0v) is 18.2. The fraction of sp³-hybridized carbons (Fsp3) is 0.0476. The summed E-state index contributed by atoms with van der Waals surface area (Å²) in [4.78, 5) is 25.9. The smallest absolute Gasteiger partial charge is 0.264 e. The van der Waals surface area contributed by atoms with Crippen molar-refractivity contribution in [2.24, 2.45) is 15.7 Å². The number of fused-ring (bicyclic) bond motifs is 1. The number of hydrogen-bond acceptors (Lipinski definition) is 5. The fourth-order valence-corrected chi connectivity index (χ4v) is 3.78. The Balaban J connectivity index is 0.00000256. The molecule has 0 aliphatic carbocycles. The first kappa shape index (κ1) is 21.8. The molecule has 152 valence electrons. The number of amidine groups is 2. The monoisotopic (exact) mass is 457 g/mol. The summed E-state index contributed by atoms with van der Waals surface area (Å²) < 4.78 is 0. The number of thioether (sulfide) groups is 1. The normalized spacial score (nSPS) is 16.7. The van der Waals surface area contributed by atoms with Crippen LogP contribution in [0.15, 0.2) is 69.6 Å². The van der Waals surface area contributed by atoms with E-state index in [-0.39, 0.29) is 18.3 Å². The van der Waals surface area contributed by atoms with Gasteiger partial charge < -0.3 is 11.1 Å². The van der Waals surface area contributed by atoms with E-state index in [1.54, 1.807) is 31.3 Å². The molecule has 9 heteroatoms. The molecule has 3 N–H and O–H groups in total. The number of benzene rings is 2. The minimum absolute atomic E-state index is 0. The largest absolute Gasteiger partial charge is 0.387 e. The minimum Gasteiger partial charge on any atom is -0.387 e. The van der Waals surface area contributed by atoms with E-state index in [0.717, 1.165) is 16.5 Å². The predicted molar refractivity (Wildman–Crippen MR) is 128 cm³/mol. The third-order valence-electron chi connectivity index (χ3n) is 4.03. The summed E-state index contributed by atoms with van der Waals surface area (Å²) in [5.74, 6) is 0.230. The maximum Gasteiger partial charge on any atom is 0.264 e. The van der Waals surface area contributed by atoms with Crippen LogP contribution >= 0.6 is 35.8 Å². The molecular weight excluding hydrogens is 441 g/mol. The number of carbonyl (C=O) groups is 1. The number of aromatic nitrogens is 1. The van der Waals surface area contributed by atoms with Gasteiger partial charge in [-0.15, -0.1) is 12.4 Å². The number of pyridine rings is 1. The van der Waals surface area contributed by atoms with Crippen LogP contribution in [-0.4, -0.2) is 21.9 Å². The lowest BCUT2D eigenvalue weighted by Gasteiger charge is -2.02. The van der Waals surface area contributed by atoms with Gasteiger partial charge in [-0.3, -0.25) is 9.78 Å². The molecular formula is C21H17Cl2N5OS. The van der Waals surface area contributed by atoms with Gasteiger partial charge in [0, 0.05) is 11.6 Å². The summed E-state index contributed by atoms with van der Waals surface area (Å²) in [5.41, 5.74) is 8.60. The Bertz CT molecular complexity index is 1220. The van der Waals surface area contributed by atoms with Crippen LogP contribution in [0.4, 0.5) is 11.4 Å². The lowest BCUT2D eigenvalue weighted by atomic mass is 10.1. The number of nitrogens with one attached hydrogen (secondary N) is 1. The zero-order chi connectivity index (χ0) is 20.4. The third kappa shape index (κ3) is 4.99. The van der Waals surface area contributed by atoms with Crippen molar-refractivity contribution >= 4 is 81.0 Å². The molecule has 0 saturated carbocycles. The van der Waals surface area contributed by atoms with Gasteiger partial charge in [-0.05, 0) is 66.7 Å². The molecule has 1 saturated heterocycles. The molecule has 1 aliphatic rings. The van der Waals surface area contributed by atoms with Gasteiger partial charge in [0.1, 0.15) is 0 Å². The van der Waals surface area contributed by atoms with Crippen LogP contribution < -0.4 is 11.1 Å². The van der Waals surface area contributed by atoms with E-state index in [9.17, 15) is 4.79 Å². The molecule has 3 aromatic rings. The molecule has 0 spiro atoms. The lowest BCUT2D eigenvalue weighted by molar-refractivity contribution is -0.115. The number of amides is 1. The van der Waals surface area contributed by atoms with Crippen molar-refractivity contribution in [2.45, 2.75) is 6.92 Å². The summed E-state index contributed by atoms with van der Waals surface area (Å²) >= 11 is 7.50. The second-order valence-corrected chi connectivity index (χ2v) is 7.76. The topological polar surface area (TPSA) is 92.7 Å². The number of rotatable bonds is 3. The van der Waals surface area contributed by atoms with E-state index in [1.165, 1.54) is 11.8 Å². The molecule has 2 heterocycles. The van der Waals surface area contributed by atoms with Crippen molar-refractivity contribution in [3.63, 3.8) is 0 Å². The molecule has 1 aliphatic heterocycles. The Labute approximate surface area is 188 Å². The Morgan fingerprint density at radius 2 is 2.07 bits per heavy atom. The van der Waals surface area contributed by atoms with Crippen LogP contribution in [0.5, 0.6) is 0 Å². The molecule has 0 bridgehead atoms. The quantitative estimate of drug-likeness (QED) is 0.320. The number of hydrogen-bond donors (Lipinski definition) is 2. The van der Waals surface area contributed by atoms with E-state index < -0.39 is 0 Å². The van der Waals surface area contributed by atoms with Gasteiger partial charge in [0.05, 0.1) is 32.7 Å². The van der Waals surface area contributed by atoms with Crippen LogP contribution in [0, 0.1) is 0 Å². The Hall–Kier alpha value is -2.87. The molecule has 0 radical (unpaired) electrons. The Morgan fingerprint density at radius 3 is 2.87 bits per heavy atom. The van der Waals surface area contributed by atoms with Crippen LogP contribution in [0.3, 0.4) is 0 Å². The SMILES string of the molecule is CC(N)=Nc1ccc(Cl)c(N=C2NC(=O)C(=Cc3ccc4ncccc4c3)S2)c1.Cl. The fourth-order valence-electron chi connectivity index (χ4n) is 2.79. The first-order chi connectivity index (χ1) is 14.0. The van der Waals surface area contributed by atoms with Crippen molar-refractivity contribution in [3.05, 3.63) is 70.2 Å². The van der Waals surface area contributed by atoms with E-state index in [1.807, 2.05) is 36.4 Å². The van der Waals surface area contributed by atoms with Gasteiger partial charge in [0.2, 0.25) is 0 Å². The van der Waals surface area contributed by atoms with Crippen molar-refractivity contribution in [1.82, 2.24) is 10.3 Å². The Kier molecular flexibility index (Phi) is 6.77. The van der Waals surface area contributed by atoms with Crippen LogP contribution in [0.25, 0.3) is 17.0 Å². The number of halogens is 2. The number of carbonyl (C=O) groups excluding carboxylic acids is 1. The highest BCUT2D eigenvalue weighted by Gasteiger charge is 2.24. The van der Waals surface area contributed by atoms with Gasteiger partial charge in [0.25, 0.3) is 5.91 Å². The summed E-state index contributed by atoms with van der Waals surface area (Å²) in [6.07, 6.45) is 3.58. The first-order valence-corrected chi connectivity index (χ1v) is 9.92. The standard InChI is InChI=1S/C21H16ClN5OS.ClH/c1-12(23)25-15-5-6-16(22)18(11-15)26-21-27-20(28)19(29-21)10-13-4-7-17-14(9-13)3-2-8-24-17;/h2-11H,1H3,(H2,23,25)(H,26,27,28);1H. The van der Waals surface area contributed by atoms with Crippen LogP contribution in [0.2, 0.25) is 5.02 Å². The summed E-state index contributed by atoms with van der Waals surface area (Å²) in [6.45, 7) is 1.70. The Morgan fingerprint density at radius 1 is 1.23 bits per heavy atom. The zero-order valence-electron chi connectivity index (χ0n) is 15.8. The highest BCUT2D eigenvalue weighted by molar-refractivity contribution is 8.18. The van der Waals surface area contributed by atoms with Crippen molar-refractivity contribution < 1.29 is 4.79 Å². The number of nitrogens with zero attached hydrogens (tertiary/aromatic N) is 3. The van der Waals surface area contributed by atoms with E-state index >= 15 is 0 Å². The number of aliphatic imine (C=N–C) groups is 2. The molecule has 6 nitrogen and oxygen atoms in total. The maximum absolute atomic E-state index is 12.4. The molecule has 0 atom stereocenters. The van der Waals surface area contributed by atoms with Crippen molar-refractivity contribution in [1.29, 1.82) is 0 Å². The molecule has 1 amide bonds. The molecule has 4 rings (SSSR count). The van der Waals surface area contributed by atoms with E-state index in [0.29, 0.717) is 32.3 Å². The summed E-state index contributed by atoms with van der Waals surface area (Å²) in [5, 5.41) is 4.70. The number of nitrogens with two attached hydrogens (primary N) is 1. The predicted octanol–water partition coefficient (Wildman–Crippen LogP) is 5.21. The molecule has 1 fully saturated rings. The van der Waals surface area contributed by atoms with Gasteiger partial charge in [-0.1, -0.05) is 23.7 Å². The molecule has 0 unspecified atom stereocenters. The van der Waals surface area contributed by atoms with E-state index in [4.69, 9.17) is 17.3 Å². The second kappa shape index (κ2) is 9.30. The van der Waals surface area contributed by atoms with Gasteiger partial charge >= 0.3 is 0 Å². The van der Waals surface area contributed by atoms with Crippen molar-refractivity contribution in [3.8, 4) is 0 Å². The summed E-state index contributed by atoms with van der Waals surface area (Å²) in [6, 6.07) is 14.9. The van der Waals surface area contributed by atoms with Crippen LogP contribution in [-0.2, 0) is 4.79 Å².